The summed E-state index contributed by atoms with van der Waals surface area (Å²) < 4.78 is 4.89. The van der Waals surface area contributed by atoms with Crippen molar-refractivity contribution in [2.45, 2.75) is 26.7 Å². The first-order valence-electron chi connectivity index (χ1n) is 7.78. The Kier molecular flexibility index (Phi) is 6.84. The van der Waals surface area contributed by atoms with E-state index in [2.05, 4.69) is 10.5 Å². The highest BCUT2D eigenvalue weighted by atomic mass is 35.5. The summed E-state index contributed by atoms with van der Waals surface area (Å²) in [5.41, 5.74) is 0.903. The van der Waals surface area contributed by atoms with Crippen LogP contribution in [0.5, 0.6) is 0 Å². The molecule has 2 amide bonds. The van der Waals surface area contributed by atoms with Gasteiger partial charge in [-0.2, -0.15) is 0 Å². The van der Waals surface area contributed by atoms with Gasteiger partial charge >= 0.3 is 0 Å². The summed E-state index contributed by atoms with van der Waals surface area (Å²) in [5.74, 6) is 0.643. The monoisotopic (exact) mass is 383 g/mol. The van der Waals surface area contributed by atoms with Crippen LogP contribution in [0.4, 0.5) is 5.82 Å². The van der Waals surface area contributed by atoms with Crippen molar-refractivity contribution in [2.75, 3.05) is 18.4 Å². The van der Waals surface area contributed by atoms with Crippen LogP contribution < -0.4 is 5.32 Å². The molecular formula is C17H19Cl2N3O3. The maximum Gasteiger partial charge on any atom is 0.227 e. The Balaban J connectivity index is 1.85. The Morgan fingerprint density at radius 1 is 1.24 bits per heavy atom. The molecule has 0 unspecified atom stereocenters. The number of rotatable bonds is 7. The Morgan fingerprint density at radius 3 is 2.60 bits per heavy atom. The molecule has 8 heteroatoms. The van der Waals surface area contributed by atoms with E-state index in [1.807, 2.05) is 6.07 Å². The second-order valence-electron chi connectivity index (χ2n) is 5.61. The van der Waals surface area contributed by atoms with E-state index in [0.717, 1.165) is 5.56 Å². The maximum atomic E-state index is 11.9. The Morgan fingerprint density at radius 2 is 2.00 bits per heavy atom. The fourth-order valence-corrected chi connectivity index (χ4v) is 2.78. The molecule has 0 atom stereocenters. The van der Waals surface area contributed by atoms with Crippen LogP contribution in [0.15, 0.2) is 28.8 Å². The second-order valence-corrected chi connectivity index (χ2v) is 6.46. The van der Waals surface area contributed by atoms with Crippen molar-refractivity contribution in [1.82, 2.24) is 10.1 Å². The third-order valence-electron chi connectivity index (χ3n) is 3.62. The van der Waals surface area contributed by atoms with Crippen LogP contribution in [0.3, 0.4) is 0 Å². The quantitative estimate of drug-likeness (QED) is 0.790. The number of amides is 2. The zero-order chi connectivity index (χ0) is 18.4. The normalized spacial score (nSPS) is 10.6. The van der Waals surface area contributed by atoms with Crippen molar-refractivity contribution in [3.8, 4) is 0 Å². The van der Waals surface area contributed by atoms with Crippen LogP contribution >= 0.6 is 23.2 Å². The third-order valence-corrected chi connectivity index (χ3v) is 4.20. The predicted octanol–water partition coefficient (Wildman–Crippen LogP) is 3.71. The molecule has 0 spiro atoms. The number of aromatic nitrogens is 1. The molecule has 2 rings (SSSR count). The van der Waals surface area contributed by atoms with Gasteiger partial charge in [-0.15, -0.1) is 0 Å². The van der Waals surface area contributed by atoms with E-state index in [0.29, 0.717) is 41.1 Å². The van der Waals surface area contributed by atoms with Crippen LogP contribution in [-0.4, -0.2) is 35.0 Å². The van der Waals surface area contributed by atoms with Gasteiger partial charge in [-0.05, 0) is 31.0 Å². The number of benzene rings is 1. The molecular weight excluding hydrogens is 365 g/mol. The SMILES string of the molecule is CC(=O)N(CCC(=O)Nc1cc(C)on1)CCc1ccc(Cl)cc1Cl. The standard InChI is InChI=1S/C17H19Cl2N3O3/c1-11-9-16(21-25-11)20-17(24)6-8-22(12(2)23)7-5-13-3-4-14(18)10-15(13)19/h3-4,9-10H,5-8H2,1-2H3,(H,20,21,24). The fraction of sp³-hybridized carbons (Fsp3) is 0.353. The zero-order valence-electron chi connectivity index (χ0n) is 14.0. The number of nitrogens with one attached hydrogen (secondary N) is 1. The first kappa shape index (κ1) is 19.3. The van der Waals surface area contributed by atoms with Crippen molar-refractivity contribution in [3.05, 3.63) is 45.6 Å². The number of aryl methyl sites for hydroxylation is 1. The summed E-state index contributed by atoms with van der Waals surface area (Å²) in [4.78, 5) is 25.3. The van der Waals surface area contributed by atoms with Crippen LogP contribution in [0.1, 0.15) is 24.7 Å². The molecule has 0 aliphatic heterocycles. The molecule has 0 saturated carbocycles. The van der Waals surface area contributed by atoms with Crippen molar-refractivity contribution in [2.24, 2.45) is 0 Å². The van der Waals surface area contributed by atoms with E-state index in [1.54, 1.807) is 30.0 Å². The van der Waals surface area contributed by atoms with Gasteiger partial charge in [0.25, 0.3) is 0 Å². The summed E-state index contributed by atoms with van der Waals surface area (Å²) >= 11 is 12.0. The summed E-state index contributed by atoms with van der Waals surface area (Å²) in [6, 6.07) is 6.89. The van der Waals surface area contributed by atoms with Gasteiger partial charge in [-0.25, -0.2) is 0 Å². The molecule has 1 N–H and O–H groups in total. The van der Waals surface area contributed by atoms with Gasteiger partial charge in [0.15, 0.2) is 5.82 Å². The molecule has 25 heavy (non-hydrogen) atoms. The Hall–Kier alpha value is -2.05. The molecule has 0 aliphatic carbocycles. The van der Waals surface area contributed by atoms with Crippen molar-refractivity contribution >= 4 is 40.8 Å². The lowest BCUT2D eigenvalue weighted by Crippen LogP contribution is -2.33. The number of carbonyl (C=O) groups is 2. The van der Waals surface area contributed by atoms with Crippen LogP contribution in [-0.2, 0) is 16.0 Å². The van der Waals surface area contributed by atoms with E-state index in [-0.39, 0.29) is 18.2 Å². The minimum absolute atomic E-state index is 0.102. The first-order chi connectivity index (χ1) is 11.8. The van der Waals surface area contributed by atoms with Crippen LogP contribution in [0.2, 0.25) is 10.0 Å². The molecule has 1 heterocycles. The molecule has 0 fully saturated rings. The van der Waals surface area contributed by atoms with Crippen LogP contribution in [0, 0.1) is 6.92 Å². The van der Waals surface area contributed by atoms with Crippen molar-refractivity contribution in [3.63, 3.8) is 0 Å². The van der Waals surface area contributed by atoms with Crippen LogP contribution in [0.25, 0.3) is 0 Å². The minimum Gasteiger partial charge on any atom is -0.360 e. The predicted molar refractivity (Wildman–Crippen MR) is 96.9 cm³/mol. The minimum atomic E-state index is -0.232. The van der Waals surface area contributed by atoms with E-state index in [1.165, 1.54) is 6.92 Å². The van der Waals surface area contributed by atoms with Gasteiger partial charge in [0.05, 0.1) is 0 Å². The number of hydrogen-bond donors (Lipinski definition) is 1. The molecule has 2 aromatic rings. The highest BCUT2D eigenvalue weighted by Gasteiger charge is 2.13. The fourth-order valence-electron chi connectivity index (χ4n) is 2.27. The van der Waals surface area contributed by atoms with E-state index < -0.39 is 0 Å². The summed E-state index contributed by atoms with van der Waals surface area (Å²) in [6.07, 6.45) is 0.750. The second kappa shape index (κ2) is 8.87. The number of anilines is 1. The molecule has 6 nitrogen and oxygen atoms in total. The Labute approximate surface area is 156 Å². The van der Waals surface area contributed by atoms with Gasteiger partial charge in [0.1, 0.15) is 5.76 Å². The molecule has 1 aromatic heterocycles. The van der Waals surface area contributed by atoms with E-state index in [9.17, 15) is 9.59 Å². The van der Waals surface area contributed by atoms with Crippen molar-refractivity contribution < 1.29 is 14.1 Å². The van der Waals surface area contributed by atoms with E-state index >= 15 is 0 Å². The first-order valence-corrected chi connectivity index (χ1v) is 8.53. The topological polar surface area (TPSA) is 75.4 Å². The largest absolute Gasteiger partial charge is 0.360 e. The number of nitrogens with zero attached hydrogens (tertiary/aromatic N) is 2. The van der Waals surface area contributed by atoms with Gasteiger partial charge in [0.2, 0.25) is 11.8 Å². The van der Waals surface area contributed by atoms with Gasteiger partial charge in [-0.3, -0.25) is 9.59 Å². The van der Waals surface area contributed by atoms with Crippen molar-refractivity contribution in [1.29, 1.82) is 0 Å². The molecule has 1 aromatic carbocycles. The molecule has 0 bridgehead atoms. The number of hydrogen-bond acceptors (Lipinski definition) is 4. The molecule has 0 aliphatic rings. The third kappa shape index (κ3) is 6.07. The highest BCUT2D eigenvalue weighted by molar-refractivity contribution is 6.35. The number of halogens is 2. The lowest BCUT2D eigenvalue weighted by Gasteiger charge is -2.21. The molecule has 0 radical (unpaired) electrons. The lowest BCUT2D eigenvalue weighted by molar-refractivity contribution is -0.129. The van der Waals surface area contributed by atoms with Gasteiger partial charge < -0.3 is 14.7 Å². The highest BCUT2D eigenvalue weighted by Crippen LogP contribution is 2.21. The summed E-state index contributed by atoms with van der Waals surface area (Å²) in [5, 5.41) is 7.46. The average molecular weight is 384 g/mol. The lowest BCUT2D eigenvalue weighted by atomic mass is 10.1. The number of carbonyl (C=O) groups excluding carboxylic acids is 2. The van der Waals surface area contributed by atoms with Gasteiger partial charge in [0, 0.05) is 42.5 Å². The Bertz CT molecular complexity index is 761. The average Bonchev–Trinajstić information content (AvgIpc) is 2.93. The zero-order valence-corrected chi connectivity index (χ0v) is 15.5. The summed E-state index contributed by atoms with van der Waals surface area (Å²) in [6.45, 7) is 3.99. The molecule has 134 valence electrons. The molecule has 0 saturated heterocycles. The van der Waals surface area contributed by atoms with Gasteiger partial charge in [-0.1, -0.05) is 34.4 Å². The maximum absolute atomic E-state index is 11.9. The smallest absolute Gasteiger partial charge is 0.227 e. The summed E-state index contributed by atoms with van der Waals surface area (Å²) in [7, 11) is 0. The van der Waals surface area contributed by atoms with E-state index in [4.69, 9.17) is 27.7 Å².